The summed E-state index contributed by atoms with van der Waals surface area (Å²) < 4.78 is 38.9. The standard InChI is InChI=1S/C10H11BrFNO2S/c11-8-5-6-13(7-8)16(14,15)10-4-2-1-3-9(10)12/h1-4,8H,5-7H2. The van der Waals surface area contributed by atoms with Gasteiger partial charge in [-0.25, -0.2) is 12.8 Å². The summed E-state index contributed by atoms with van der Waals surface area (Å²) in [6.07, 6.45) is 0.758. The van der Waals surface area contributed by atoms with E-state index in [0.717, 1.165) is 12.5 Å². The van der Waals surface area contributed by atoms with E-state index in [-0.39, 0.29) is 9.72 Å². The van der Waals surface area contributed by atoms with E-state index in [1.54, 1.807) is 0 Å². The molecule has 0 aromatic heterocycles. The van der Waals surface area contributed by atoms with Crippen molar-refractivity contribution < 1.29 is 12.8 Å². The second kappa shape index (κ2) is 4.43. The van der Waals surface area contributed by atoms with Crippen LogP contribution in [0.4, 0.5) is 4.39 Å². The van der Waals surface area contributed by atoms with Gasteiger partial charge >= 0.3 is 0 Å². The third kappa shape index (κ3) is 2.14. The van der Waals surface area contributed by atoms with Gasteiger partial charge in [0.05, 0.1) is 0 Å². The number of hydrogen-bond donors (Lipinski definition) is 0. The number of sulfonamides is 1. The molecule has 3 nitrogen and oxygen atoms in total. The van der Waals surface area contributed by atoms with Crippen molar-refractivity contribution in [1.82, 2.24) is 4.31 Å². The summed E-state index contributed by atoms with van der Waals surface area (Å²) in [6.45, 7) is 0.837. The molecule has 1 aliphatic heterocycles. The van der Waals surface area contributed by atoms with Crippen LogP contribution in [0.2, 0.25) is 0 Å². The van der Waals surface area contributed by atoms with Crippen molar-refractivity contribution in [3.63, 3.8) is 0 Å². The van der Waals surface area contributed by atoms with E-state index >= 15 is 0 Å². The molecular weight excluding hydrogens is 297 g/mol. The van der Waals surface area contributed by atoms with Crippen LogP contribution in [0, 0.1) is 5.82 Å². The van der Waals surface area contributed by atoms with Crippen LogP contribution in [0.1, 0.15) is 6.42 Å². The van der Waals surface area contributed by atoms with Crippen LogP contribution in [0.3, 0.4) is 0 Å². The molecule has 0 bridgehead atoms. The van der Waals surface area contributed by atoms with Gasteiger partial charge in [0, 0.05) is 17.9 Å². The molecule has 1 aliphatic rings. The van der Waals surface area contributed by atoms with E-state index in [1.807, 2.05) is 0 Å². The number of nitrogens with zero attached hydrogens (tertiary/aromatic N) is 1. The summed E-state index contributed by atoms with van der Waals surface area (Å²) in [4.78, 5) is -0.0781. The van der Waals surface area contributed by atoms with E-state index in [2.05, 4.69) is 15.9 Å². The van der Waals surface area contributed by atoms with Crippen molar-refractivity contribution in [1.29, 1.82) is 0 Å². The highest BCUT2D eigenvalue weighted by molar-refractivity contribution is 9.09. The lowest BCUT2D eigenvalue weighted by atomic mass is 10.4. The minimum Gasteiger partial charge on any atom is -0.207 e. The molecule has 0 saturated carbocycles. The Bertz CT molecular complexity index is 491. The summed E-state index contributed by atoms with van der Waals surface area (Å²) in [5.74, 6) is -0.694. The Balaban J connectivity index is 2.36. The Hall–Kier alpha value is -0.460. The molecule has 0 amide bonds. The highest BCUT2D eigenvalue weighted by Crippen LogP contribution is 2.25. The zero-order valence-corrected chi connectivity index (χ0v) is 10.8. The van der Waals surface area contributed by atoms with Gasteiger partial charge in [0.2, 0.25) is 10.0 Å². The molecule has 16 heavy (non-hydrogen) atoms. The van der Waals surface area contributed by atoms with Crippen molar-refractivity contribution >= 4 is 26.0 Å². The first-order chi connectivity index (χ1) is 7.51. The topological polar surface area (TPSA) is 37.4 Å². The molecule has 0 spiro atoms. The monoisotopic (exact) mass is 307 g/mol. The maximum absolute atomic E-state index is 13.4. The van der Waals surface area contributed by atoms with Gasteiger partial charge in [-0.2, -0.15) is 4.31 Å². The summed E-state index contributed by atoms with van der Waals surface area (Å²) in [7, 11) is -3.67. The molecule has 1 saturated heterocycles. The summed E-state index contributed by atoms with van der Waals surface area (Å²) >= 11 is 3.36. The molecule has 0 radical (unpaired) electrons. The minimum absolute atomic E-state index is 0.161. The second-order valence-corrected chi connectivity index (χ2v) is 6.88. The Kier molecular flexibility index (Phi) is 3.32. The van der Waals surface area contributed by atoms with Gasteiger partial charge in [0.1, 0.15) is 10.7 Å². The molecule has 1 fully saturated rings. The molecule has 1 heterocycles. The highest BCUT2D eigenvalue weighted by atomic mass is 79.9. The SMILES string of the molecule is O=S(=O)(c1ccccc1F)N1CCC(Br)C1. The normalized spacial score (nSPS) is 22.5. The molecular formula is C10H11BrFNO2S. The van der Waals surface area contributed by atoms with Crippen LogP contribution in [0.5, 0.6) is 0 Å². The van der Waals surface area contributed by atoms with Crippen molar-refractivity contribution in [2.75, 3.05) is 13.1 Å². The highest BCUT2D eigenvalue weighted by Gasteiger charge is 2.32. The summed E-state index contributed by atoms with van der Waals surface area (Å²) in [5, 5.41) is 0. The van der Waals surface area contributed by atoms with Crippen LogP contribution in [-0.2, 0) is 10.0 Å². The van der Waals surface area contributed by atoms with Gasteiger partial charge in [0.15, 0.2) is 0 Å². The van der Waals surface area contributed by atoms with Crippen molar-refractivity contribution in [3.8, 4) is 0 Å². The molecule has 0 N–H and O–H groups in total. The average Bonchev–Trinajstić information content (AvgIpc) is 2.66. The van der Waals surface area contributed by atoms with E-state index in [1.165, 1.54) is 22.5 Å². The molecule has 6 heteroatoms. The van der Waals surface area contributed by atoms with Crippen LogP contribution >= 0.6 is 15.9 Å². The molecule has 1 aromatic rings. The molecule has 88 valence electrons. The lowest BCUT2D eigenvalue weighted by Gasteiger charge is -2.15. The van der Waals surface area contributed by atoms with E-state index < -0.39 is 15.8 Å². The Morgan fingerprint density at radius 1 is 1.38 bits per heavy atom. The molecule has 1 aromatic carbocycles. The number of benzene rings is 1. The van der Waals surface area contributed by atoms with Gasteiger partial charge in [-0.15, -0.1) is 0 Å². The smallest absolute Gasteiger partial charge is 0.207 e. The number of rotatable bonds is 2. The summed E-state index contributed by atoms with van der Waals surface area (Å²) in [6, 6.07) is 5.46. The minimum atomic E-state index is -3.67. The van der Waals surface area contributed by atoms with Crippen LogP contribution < -0.4 is 0 Å². The van der Waals surface area contributed by atoms with E-state index in [4.69, 9.17) is 0 Å². The molecule has 2 rings (SSSR count). The number of alkyl halides is 1. The van der Waals surface area contributed by atoms with Crippen molar-refractivity contribution in [2.24, 2.45) is 0 Å². The van der Waals surface area contributed by atoms with Crippen molar-refractivity contribution in [2.45, 2.75) is 16.1 Å². The molecule has 0 aliphatic carbocycles. The lowest BCUT2D eigenvalue weighted by Crippen LogP contribution is -2.29. The zero-order valence-electron chi connectivity index (χ0n) is 8.44. The average molecular weight is 308 g/mol. The number of hydrogen-bond acceptors (Lipinski definition) is 2. The first kappa shape index (κ1) is 12.0. The van der Waals surface area contributed by atoms with Gasteiger partial charge < -0.3 is 0 Å². The van der Waals surface area contributed by atoms with Crippen LogP contribution in [-0.4, -0.2) is 30.6 Å². The Labute approximate surface area is 102 Å². The Morgan fingerprint density at radius 2 is 2.06 bits per heavy atom. The molecule has 1 atom stereocenters. The fourth-order valence-corrected chi connectivity index (χ4v) is 4.01. The predicted octanol–water partition coefficient (Wildman–Crippen LogP) is 1.98. The van der Waals surface area contributed by atoms with Gasteiger partial charge in [-0.1, -0.05) is 28.1 Å². The predicted molar refractivity (Wildman–Crippen MR) is 62.5 cm³/mol. The number of halogens is 2. The van der Waals surface area contributed by atoms with Gasteiger partial charge in [0.25, 0.3) is 0 Å². The van der Waals surface area contributed by atoms with E-state index in [0.29, 0.717) is 13.1 Å². The first-order valence-corrected chi connectivity index (χ1v) is 7.26. The quantitative estimate of drug-likeness (QED) is 0.784. The van der Waals surface area contributed by atoms with Gasteiger partial charge in [-0.3, -0.25) is 0 Å². The van der Waals surface area contributed by atoms with Crippen LogP contribution in [0.15, 0.2) is 29.2 Å². The Morgan fingerprint density at radius 3 is 2.62 bits per heavy atom. The maximum Gasteiger partial charge on any atom is 0.246 e. The maximum atomic E-state index is 13.4. The first-order valence-electron chi connectivity index (χ1n) is 4.90. The zero-order chi connectivity index (χ0) is 11.8. The molecule has 1 unspecified atom stereocenters. The second-order valence-electron chi connectivity index (χ2n) is 3.68. The third-order valence-electron chi connectivity index (χ3n) is 2.55. The van der Waals surface area contributed by atoms with E-state index in [9.17, 15) is 12.8 Å². The third-order valence-corrected chi connectivity index (χ3v) is 5.19. The lowest BCUT2D eigenvalue weighted by molar-refractivity contribution is 0.470. The fourth-order valence-electron chi connectivity index (χ4n) is 1.70. The van der Waals surface area contributed by atoms with Gasteiger partial charge in [-0.05, 0) is 18.6 Å². The summed E-state index contributed by atoms with van der Waals surface area (Å²) in [5.41, 5.74) is 0. The fraction of sp³-hybridized carbons (Fsp3) is 0.400. The largest absolute Gasteiger partial charge is 0.246 e. The van der Waals surface area contributed by atoms with Crippen LogP contribution in [0.25, 0.3) is 0 Å². The van der Waals surface area contributed by atoms with Crippen molar-refractivity contribution in [3.05, 3.63) is 30.1 Å².